The quantitative estimate of drug-likeness (QED) is 0.601. The average molecular weight is 486 g/mol. The molecular weight excluding hydrogens is 470 g/mol. The highest BCUT2D eigenvalue weighted by Gasteiger charge is 2.33. The normalized spacial score (nSPS) is 16.6. The summed E-state index contributed by atoms with van der Waals surface area (Å²) in [5.41, 5.74) is 0.862. The first-order valence-electron chi connectivity index (χ1n) is 8.35. The fraction of sp³-hybridized carbons (Fsp3) is 0.294. The van der Waals surface area contributed by atoms with E-state index in [-0.39, 0.29) is 11.8 Å². The first-order chi connectivity index (χ1) is 12.9. The number of carbonyl (C=O) groups excluding carboxylic acids is 1. The van der Waals surface area contributed by atoms with Crippen LogP contribution in [0.25, 0.3) is 10.2 Å². The molecule has 1 fully saturated rings. The molecule has 3 aromatic rings. The molecule has 10 heteroatoms. The predicted molar refractivity (Wildman–Crippen MR) is 112 cm³/mol. The van der Waals surface area contributed by atoms with Gasteiger partial charge in [-0.3, -0.25) is 4.79 Å². The number of hydrogen-bond donors (Lipinski definition) is 1. The van der Waals surface area contributed by atoms with Gasteiger partial charge in [0.05, 0.1) is 14.0 Å². The first kappa shape index (κ1) is 19.0. The summed E-state index contributed by atoms with van der Waals surface area (Å²) in [6, 6.07) is 11.1. The van der Waals surface area contributed by atoms with Gasteiger partial charge in [-0.05, 0) is 53.0 Å². The molecule has 1 saturated heterocycles. The number of para-hydroxylation sites is 1. The minimum Gasteiger partial charge on any atom is -0.302 e. The van der Waals surface area contributed by atoms with Gasteiger partial charge in [0.25, 0.3) is 10.0 Å². The van der Waals surface area contributed by atoms with Crippen molar-refractivity contribution in [3.8, 4) is 0 Å². The number of piperidine rings is 1. The summed E-state index contributed by atoms with van der Waals surface area (Å²) >= 11 is 5.94. The Bertz CT molecular complexity index is 1050. The molecule has 3 heterocycles. The van der Waals surface area contributed by atoms with Crippen LogP contribution in [0.2, 0.25) is 0 Å². The molecule has 1 N–H and O–H groups in total. The molecule has 0 atom stereocenters. The average Bonchev–Trinajstić information content (AvgIpc) is 3.27. The van der Waals surface area contributed by atoms with Crippen molar-refractivity contribution in [2.75, 3.05) is 18.4 Å². The molecule has 2 aromatic heterocycles. The van der Waals surface area contributed by atoms with Gasteiger partial charge in [0, 0.05) is 19.0 Å². The number of anilines is 1. The fourth-order valence-corrected chi connectivity index (χ4v) is 7.56. The monoisotopic (exact) mass is 485 g/mol. The summed E-state index contributed by atoms with van der Waals surface area (Å²) in [6.07, 6.45) is 1.00. The lowest BCUT2D eigenvalue weighted by atomic mass is 9.97. The van der Waals surface area contributed by atoms with Crippen molar-refractivity contribution in [2.45, 2.75) is 17.1 Å². The molecule has 1 aliphatic rings. The summed E-state index contributed by atoms with van der Waals surface area (Å²) in [5, 5.41) is 3.47. The maximum Gasteiger partial charge on any atom is 0.252 e. The summed E-state index contributed by atoms with van der Waals surface area (Å²) in [7, 11) is -3.49. The van der Waals surface area contributed by atoms with Crippen LogP contribution in [0.5, 0.6) is 0 Å². The molecule has 0 radical (unpaired) electrons. The third-order valence-corrected chi connectivity index (χ3v) is 9.43. The summed E-state index contributed by atoms with van der Waals surface area (Å²) in [4.78, 5) is 17.0. The third kappa shape index (κ3) is 3.95. The maximum absolute atomic E-state index is 12.7. The van der Waals surface area contributed by atoms with Crippen LogP contribution in [0.4, 0.5) is 5.13 Å². The number of nitrogens with one attached hydrogen (secondary N) is 1. The zero-order valence-electron chi connectivity index (χ0n) is 14.1. The van der Waals surface area contributed by atoms with Gasteiger partial charge >= 0.3 is 0 Å². The Hall–Kier alpha value is -1.33. The van der Waals surface area contributed by atoms with Crippen molar-refractivity contribution >= 4 is 69.9 Å². The number of rotatable bonds is 4. The van der Waals surface area contributed by atoms with Gasteiger partial charge in [-0.15, -0.1) is 11.3 Å². The Morgan fingerprint density at radius 2 is 1.89 bits per heavy atom. The number of aromatic nitrogens is 1. The van der Waals surface area contributed by atoms with Crippen molar-refractivity contribution in [1.29, 1.82) is 0 Å². The van der Waals surface area contributed by atoms with Crippen LogP contribution in [0.15, 0.2) is 44.4 Å². The number of thiophene rings is 1. The highest BCUT2D eigenvalue weighted by Crippen LogP contribution is 2.31. The van der Waals surface area contributed by atoms with Crippen LogP contribution in [0.3, 0.4) is 0 Å². The number of thiazole rings is 1. The number of sulfonamides is 1. The van der Waals surface area contributed by atoms with Crippen LogP contribution in [0.1, 0.15) is 12.8 Å². The number of fused-ring (bicyclic) bond motifs is 1. The highest BCUT2D eigenvalue weighted by atomic mass is 79.9. The number of carbonyl (C=O) groups is 1. The van der Waals surface area contributed by atoms with Crippen LogP contribution < -0.4 is 5.32 Å². The van der Waals surface area contributed by atoms with E-state index >= 15 is 0 Å². The van der Waals surface area contributed by atoms with Crippen molar-refractivity contribution in [3.63, 3.8) is 0 Å². The van der Waals surface area contributed by atoms with Gasteiger partial charge in [0.2, 0.25) is 5.91 Å². The molecule has 1 aliphatic heterocycles. The minimum absolute atomic E-state index is 0.0926. The standard InChI is InChI=1S/C17H16BrN3O3S3/c18-14-5-6-15(26-14)27(23,24)21-9-7-11(8-10-21)16(22)20-17-19-12-3-1-2-4-13(12)25-17/h1-6,11H,7-10H2,(H,19,20,22). The second kappa shape index (κ2) is 7.59. The summed E-state index contributed by atoms with van der Waals surface area (Å²) in [5.74, 6) is -0.302. The number of benzene rings is 1. The molecule has 4 rings (SSSR count). The molecule has 27 heavy (non-hydrogen) atoms. The van der Waals surface area contributed by atoms with Crippen LogP contribution in [0, 0.1) is 5.92 Å². The largest absolute Gasteiger partial charge is 0.302 e. The SMILES string of the molecule is O=C(Nc1nc2ccccc2s1)C1CCN(S(=O)(=O)c2ccc(Br)s2)CC1. The van der Waals surface area contributed by atoms with E-state index in [1.807, 2.05) is 24.3 Å². The molecule has 1 amide bonds. The van der Waals surface area contributed by atoms with E-state index in [2.05, 4.69) is 26.2 Å². The molecule has 0 bridgehead atoms. The molecule has 6 nitrogen and oxygen atoms in total. The summed E-state index contributed by atoms with van der Waals surface area (Å²) in [6.45, 7) is 0.686. The Balaban J connectivity index is 1.39. The van der Waals surface area contributed by atoms with E-state index in [1.165, 1.54) is 27.0 Å². The van der Waals surface area contributed by atoms with Crippen molar-refractivity contribution in [3.05, 3.63) is 40.2 Å². The van der Waals surface area contributed by atoms with Gasteiger partial charge in [0.1, 0.15) is 4.21 Å². The van der Waals surface area contributed by atoms with E-state index in [1.54, 1.807) is 12.1 Å². The van der Waals surface area contributed by atoms with E-state index in [0.717, 1.165) is 14.0 Å². The first-order valence-corrected chi connectivity index (χ1v) is 12.2. The second-order valence-electron chi connectivity index (χ2n) is 6.21. The van der Waals surface area contributed by atoms with Gasteiger partial charge in [-0.1, -0.05) is 23.5 Å². The van der Waals surface area contributed by atoms with Gasteiger partial charge < -0.3 is 5.32 Å². The highest BCUT2D eigenvalue weighted by molar-refractivity contribution is 9.11. The Labute approximate surface area is 173 Å². The van der Waals surface area contributed by atoms with Crippen LogP contribution in [-0.4, -0.2) is 36.7 Å². The lowest BCUT2D eigenvalue weighted by Gasteiger charge is -2.29. The van der Waals surface area contributed by atoms with Gasteiger partial charge in [-0.2, -0.15) is 4.31 Å². The Kier molecular flexibility index (Phi) is 5.34. The van der Waals surface area contributed by atoms with E-state index < -0.39 is 10.0 Å². The number of halogens is 1. The van der Waals surface area contributed by atoms with Crippen LogP contribution in [-0.2, 0) is 14.8 Å². The fourth-order valence-electron chi connectivity index (χ4n) is 3.06. The van der Waals surface area contributed by atoms with Gasteiger partial charge in [0.15, 0.2) is 5.13 Å². The van der Waals surface area contributed by atoms with Crippen molar-refractivity contribution in [2.24, 2.45) is 5.92 Å². The second-order valence-corrected chi connectivity index (χ2v) is 11.9. The smallest absolute Gasteiger partial charge is 0.252 e. The van der Waals surface area contributed by atoms with Gasteiger partial charge in [-0.25, -0.2) is 13.4 Å². The zero-order chi connectivity index (χ0) is 19.0. The van der Waals surface area contributed by atoms with E-state index in [0.29, 0.717) is 35.3 Å². The molecule has 0 aliphatic carbocycles. The zero-order valence-corrected chi connectivity index (χ0v) is 18.1. The third-order valence-electron chi connectivity index (χ3n) is 4.49. The summed E-state index contributed by atoms with van der Waals surface area (Å²) < 4.78 is 28.9. The number of hydrogen-bond acceptors (Lipinski definition) is 6. The lowest BCUT2D eigenvalue weighted by molar-refractivity contribution is -0.120. The predicted octanol–water partition coefficient (Wildman–Crippen LogP) is 4.16. The molecule has 0 spiro atoms. The number of amides is 1. The molecule has 142 valence electrons. The van der Waals surface area contributed by atoms with Crippen molar-refractivity contribution in [1.82, 2.24) is 9.29 Å². The van der Waals surface area contributed by atoms with E-state index in [9.17, 15) is 13.2 Å². The molecule has 0 unspecified atom stereocenters. The molecule has 1 aromatic carbocycles. The topological polar surface area (TPSA) is 79.4 Å². The molecule has 0 saturated carbocycles. The lowest BCUT2D eigenvalue weighted by Crippen LogP contribution is -2.41. The minimum atomic E-state index is -3.49. The maximum atomic E-state index is 12.7. The van der Waals surface area contributed by atoms with Crippen LogP contribution >= 0.6 is 38.6 Å². The Morgan fingerprint density at radius 1 is 1.15 bits per heavy atom. The van der Waals surface area contributed by atoms with Crippen molar-refractivity contribution < 1.29 is 13.2 Å². The Morgan fingerprint density at radius 3 is 2.56 bits per heavy atom. The number of nitrogens with zero attached hydrogens (tertiary/aromatic N) is 2. The molecular formula is C17H16BrN3O3S3. The van der Waals surface area contributed by atoms with E-state index in [4.69, 9.17) is 0 Å².